The van der Waals surface area contributed by atoms with Crippen LogP contribution in [0.15, 0.2) is 24.3 Å². The van der Waals surface area contributed by atoms with Gasteiger partial charge in [-0.3, -0.25) is 14.4 Å². The maximum Gasteiger partial charge on any atom is 0.314 e. The Morgan fingerprint density at radius 3 is 2.42 bits per heavy atom. The van der Waals surface area contributed by atoms with E-state index in [0.717, 1.165) is 0 Å². The summed E-state index contributed by atoms with van der Waals surface area (Å²) in [6, 6.07) is 5.00. The quantitative estimate of drug-likeness (QED) is 0.736. The van der Waals surface area contributed by atoms with Gasteiger partial charge < -0.3 is 14.5 Å². The Kier molecular flexibility index (Phi) is 3.33. The van der Waals surface area contributed by atoms with E-state index in [4.69, 9.17) is 4.74 Å². The van der Waals surface area contributed by atoms with E-state index in [1.54, 1.807) is 33.0 Å². The maximum absolute atomic E-state index is 13.4. The standard InChI is InChI=1S/C18H19FN2O4S/c1-16(15(24)25-4)9-18-14(23)20(3)17(2,26-18)13(22)21(18)12(16)10-5-7-11(19)8-6-10/h5-8,12H,9H2,1-4H3/t12-,16-,17?,18?/m0/s1. The summed E-state index contributed by atoms with van der Waals surface area (Å²) in [6.07, 6.45) is 0.157. The second kappa shape index (κ2) is 5.00. The highest BCUT2D eigenvalue weighted by Gasteiger charge is 2.79. The van der Waals surface area contributed by atoms with Crippen LogP contribution in [0.3, 0.4) is 0 Å². The first kappa shape index (κ1) is 17.3. The van der Waals surface area contributed by atoms with Gasteiger partial charge in [0, 0.05) is 13.5 Å². The van der Waals surface area contributed by atoms with Crippen molar-refractivity contribution in [3.05, 3.63) is 35.6 Å². The number of ether oxygens (including phenoxy) is 1. The molecular weight excluding hydrogens is 359 g/mol. The molecule has 4 rings (SSSR count). The molecule has 1 spiro atoms. The number of amides is 2. The number of thioether (sulfide) groups is 1. The summed E-state index contributed by atoms with van der Waals surface area (Å²) < 4.78 is 18.4. The van der Waals surface area contributed by atoms with Gasteiger partial charge >= 0.3 is 5.97 Å². The minimum atomic E-state index is -1.14. The van der Waals surface area contributed by atoms with E-state index in [2.05, 4.69) is 0 Å². The number of rotatable bonds is 2. The zero-order valence-corrected chi connectivity index (χ0v) is 15.7. The molecule has 26 heavy (non-hydrogen) atoms. The molecule has 0 saturated carbocycles. The third-order valence-electron chi connectivity index (χ3n) is 5.96. The van der Waals surface area contributed by atoms with Crippen LogP contribution in [0.25, 0.3) is 0 Å². The van der Waals surface area contributed by atoms with Crippen molar-refractivity contribution in [3.8, 4) is 0 Å². The summed E-state index contributed by atoms with van der Waals surface area (Å²) in [5.41, 5.74) is -0.506. The Bertz CT molecular complexity index is 846. The minimum absolute atomic E-state index is 0.157. The van der Waals surface area contributed by atoms with Gasteiger partial charge in [-0.2, -0.15) is 0 Å². The first-order valence-electron chi connectivity index (χ1n) is 8.28. The van der Waals surface area contributed by atoms with Crippen molar-refractivity contribution in [1.82, 2.24) is 9.80 Å². The Hall–Kier alpha value is -2.09. The maximum atomic E-state index is 13.4. The van der Waals surface area contributed by atoms with Crippen LogP contribution < -0.4 is 0 Å². The number of carbonyl (C=O) groups excluding carboxylic acids is 3. The number of benzene rings is 1. The molecule has 1 aromatic rings. The van der Waals surface area contributed by atoms with Crippen LogP contribution in [-0.2, 0) is 19.1 Å². The molecule has 8 heteroatoms. The molecule has 0 aliphatic carbocycles. The predicted molar refractivity (Wildman–Crippen MR) is 92.2 cm³/mol. The van der Waals surface area contributed by atoms with Crippen molar-refractivity contribution in [3.63, 3.8) is 0 Å². The van der Waals surface area contributed by atoms with Crippen LogP contribution in [0.5, 0.6) is 0 Å². The Morgan fingerprint density at radius 1 is 1.23 bits per heavy atom. The van der Waals surface area contributed by atoms with Gasteiger partial charge in [-0.1, -0.05) is 23.9 Å². The number of hydrogen-bond donors (Lipinski definition) is 0. The number of nitrogens with zero attached hydrogens (tertiary/aromatic N) is 2. The monoisotopic (exact) mass is 378 g/mol. The molecule has 2 amide bonds. The van der Waals surface area contributed by atoms with Crippen molar-refractivity contribution in [2.45, 2.75) is 36.1 Å². The topological polar surface area (TPSA) is 66.9 Å². The second-order valence-corrected chi connectivity index (χ2v) is 9.12. The van der Waals surface area contributed by atoms with Crippen molar-refractivity contribution < 1.29 is 23.5 Å². The third-order valence-corrected chi connectivity index (χ3v) is 7.66. The summed E-state index contributed by atoms with van der Waals surface area (Å²) in [5.74, 6) is -1.31. The third kappa shape index (κ3) is 1.75. The lowest BCUT2D eigenvalue weighted by Crippen LogP contribution is -2.60. The number of fused-ring (bicyclic) bond motifs is 1. The van der Waals surface area contributed by atoms with Gasteiger partial charge in [0.25, 0.3) is 11.8 Å². The highest BCUT2D eigenvalue weighted by Crippen LogP contribution is 2.69. The lowest BCUT2D eigenvalue weighted by atomic mass is 9.78. The zero-order valence-electron chi connectivity index (χ0n) is 14.9. The molecule has 3 aliphatic heterocycles. The molecular formula is C18H19FN2O4S. The van der Waals surface area contributed by atoms with E-state index < -0.39 is 33.0 Å². The average Bonchev–Trinajstić information content (AvgIpc) is 3.08. The molecule has 3 aliphatic rings. The highest BCUT2D eigenvalue weighted by molar-refractivity contribution is 8.04. The minimum Gasteiger partial charge on any atom is -0.469 e. The molecule has 138 valence electrons. The van der Waals surface area contributed by atoms with Gasteiger partial charge in [-0.25, -0.2) is 4.39 Å². The Morgan fingerprint density at radius 2 is 1.85 bits per heavy atom. The van der Waals surface area contributed by atoms with Crippen molar-refractivity contribution in [2.75, 3.05) is 14.2 Å². The zero-order chi connectivity index (χ0) is 19.1. The number of methoxy groups -OCH3 is 1. The largest absolute Gasteiger partial charge is 0.469 e. The molecule has 0 N–H and O–H groups in total. The predicted octanol–water partition coefficient (Wildman–Crippen LogP) is 1.91. The molecule has 1 aromatic carbocycles. The summed E-state index contributed by atoms with van der Waals surface area (Å²) in [4.78, 5) is 39.9. The van der Waals surface area contributed by atoms with Crippen LogP contribution in [0.4, 0.5) is 4.39 Å². The smallest absolute Gasteiger partial charge is 0.314 e. The SMILES string of the molecule is COC(=O)[C@@]1(C)CC23SC(C)(C(=O)N2[C@H]1c1ccc(F)cc1)N(C)C3=O. The molecule has 2 bridgehead atoms. The van der Waals surface area contributed by atoms with Gasteiger partial charge in [0.15, 0.2) is 9.74 Å². The van der Waals surface area contributed by atoms with E-state index in [-0.39, 0.29) is 18.2 Å². The van der Waals surface area contributed by atoms with Crippen LogP contribution in [0.1, 0.15) is 31.9 Å². The molecule has 3 heterocycles. The molecule has 0 aromatic heterocycles. The molecule has 3 saturated heterocycles. The summed E-state index contributed by atoms with van der Waals surface area (Å²) in [5, 5.41) is 0. The number of esters is 1. The van der Waals surface area contributed by atoms with E-state index in [9.17, 15) is 18.8 Å². The summed E-state index contributed by atoms with van der Waals surface area (Å²) in [6.45, 7) is 3.43. The normalized spacial score (nSPS) is 38.1. The van der Waals surface area contributed by atoms with E-state index in [0.29, 0.717) is 5.56 Å². The molecule has 6 nitrogen and oxygen atoms in total. The number of piperazine rings is 1. The first-order chi connectivity index (χ1) is 12.1. The van der Waals surface area contributed by atoms with Gasteiger partial charge in [-0.05, 0) is 31.5 Å². The lowest BCUT2D eigenvalue weighted by molar-refractivity contribution is -0.160. The number of halogens is 1. The molecule has 3 fully saturated rings. The number of carbonyl (C=O) groups is 3. The van der Waals surface area contributed by atoms with Gasteiger partial charge in [0.1, 0.15) is 5.82 Å². The fraction of sp³-hybridized carbons (Fsp3) is 0.500. The Labute approximate surface area is 154 Å². The lowest BCUT2D eigenvalue weighted by Gasteiger charge is -2.40. The summed E-state index contributed by atoms with van der Waals surface area (Å²) >= 11 is 1.28. The fourth-order valence-electron chi connectivity index (χ4n) is 4.60. The number of likely N-dealkylation sites (N-methyl/N-ethyl adjacent to an activating group) is 1. The fourth-order valence-corrected chi connectivity index (χ4v) is 6.55. The van der Waals surface area contributed by atoms with Gasteiger partial charge in [0.05, 0.1) is 18.6 Å². The van der Waals surface area contributed by atoms with Crippen LogP contribution in [-0.4, -0.2) is 51.5 Å². The van der Waals surface area contributed by atoms with Crippen molar-refractivity contribution in [1.29, 1.82) is 0 Å². The van der Waals surface area contributed by atoms with E-state index in [1.165, 1.54) is 40.8 Å². The highest BCUT2D eigenvalue weighted by atomic mass is 32.2. The average molecular weight is 378 g/mol. The molecule has 2 unspecified atom stereocenters. The van der Waals surface area contributed by atoms with Gasteiger partial charge in [-0.15, -0.1) is 0 Å². The van der Waals surface area contributed by atoms with Crippen molar-refractivity contribution >= 4 is 29.5 Å². The van der Waals surface area contributed by atoms with E-state index in [1.807, 2.05) is 0 Å². The number of hydrogen-bond acceptors (Lipinski definition) is 5. The first-order valence-corrected chi connectivity index (χ1v) is 9.09. The Balaban J connectivity index is 1.93. The van der Waals surface area contributed by atoms with Crippen LogP contribution >= 0.6 is 11.8 Å². The molecule has 0 radical (unpaired) electrons. The van der Waals surface area contributed by atoms with Gasteiger partial charge in [0.2, 0.25) is 0 Å². The van der Waals surface area contributed by atoms with Crippen molar-refractivity contribution in [2.24, 2.45) is 5.41 Å². The van der Waals surface area contributed by atoms with Crippen LogP contribution in [0.2, 0.25) is 0 Å². The van der Waals surface area contributed by atoms with E-state index >= 15 is 0 Å². The second-order valence-electron chi connectivity index (χ2n) is 7.45. The van der Waals surface area contributed by atoms with Crippen LogP contribution in [0, 0.1) is 11.2 Å². The summed E-state index contributed by atoms with van der Waals surface area (Å²) in [7, 11) is 2.90. The molecule has 4 atom stereocenters.